The highest BCUT2D eigenvalue weighted by molar-refractivity contribution is 6.31. The quantitative estimate of drug-likeness (QED) is 0.594. The van der Waals surface area contributed by atoms with Crippen molar-refractivity contribution < 1.29 is 27.5 Å². The monoisotopic (exact) mass is 470 g/mol. The summed E-state index contributed by atoms with van der Waals surface area (Å²) >= 11 is 5.59. The van der Waals surface area contributed by atoms with E-state index in [0.29, 0.717) is 37.1 Å². The number of carbonyl (C=O) groups excluding carboxylic acids is 2. The lowest BCUT2D eigenvalue weighted by molar-refractivity contribution is -0.137. The molecule has 0 aliphatic heterocycles. The van der Waals surface area contributed by atoms with Gasteiger partial charge < -0.3 is 20.7 Å². The molecule has 1 heterocycles. The van der Waals surface area contributed by atoms with Crippen molar-refractivity contribution in [1.29, 1.82) is 0 Å². The lowest BCUT2D eigenvalue weighted by Gasteiger charge is -2.29. The van der Waals surface area contributed by atoms with Crippen LogP contribution >= 0.6 is 11.6 Å². The molecule has 32 heavy (non-hydrogen) atoms. The largest absolute Gasteiger partial charge is 0.489 e. The summed E-state index contributed by atoms with van der Waals surface area (Å²) < 4.78 is 44.8. The summed E-state index contributed by atoms with van der Waals surface area (Å²) in [6, 6.07) is 5.75. The van der Waals surface area contributed by atoms with Crippen LogP contribution in [0.2, 0.25) is 5.02 Å². The summed E-state index contributed by atoms with van der Waals surface area (Å²) in [7, 11) is 1.52. The van der Waals surface area contributed by atoms with Crippen LogP contribution < -0.4 is 20.7 Å². The minimum atomic E-state index is -4.61. The number of aromatic nitrogens is 1. The molecule has 0 bridgehead atoms. The minimum Gasteiger partial charge on any atom is -0.489 e. The van der Waals surface area contributed by atoms with Crippen LogP contribution in [0.3, 0.4) is 0 Å². The zero-order valence-electron chi connectivity index (χ0n) is 17.1. The van der Waals surface area contributed by atoms with Crippen LogP contribution in [0.4, 0.5) is 23.7 Å². The maximum atomic E-state index is 13.0. The first-order valence-corrected chi connectivity index (χ1v) is 10.3. The second-order valence-corrected chi connectivity index (χ2v) is 7.75. The molecule has 0 atom stereocenters. The molecule has 0 unspecified atom stereocenters. The number of alkyl halides is 3. The molecule has 11 heteroatoms. The van der Waals surface area contributed by atoms with Crippen molar-refractivity contribution in [2.24, 2.45) is 0 Å². The Hall–Kier alpha value is -3.01. The lowest BCUT2D eigenvalue weighted by Crippen LogP contribution is -2.41. The molecule has 1 saturated carbocycles. The van der Waals surface area contributed by atoms with E-state index in [4.69, 9.17) is 16.3 Å². The van der Waals surface area contributed by atoms with E-state index in [2.05, 4.69) is 20.9 Å². The van der Waals surface area contributed by atoms with Crippen LogP contribution in [0.25, 0.3) is 0 Å². The van der Waals surface area contributed by atoms with Gasteiger partial charge in [-0.05, 0) is 56.0 Å². The number of halogens is 4. The van der Waals surface area contributed by atoms with E-state index < -0.39 is 22.8 Å². The third-order valence-electron chi connectivity index (χ3n) is 5.04. The van der Waals surface area contributed by atoms with Crippen molar-refractivity contribution in [3.8, 4) is 5.75 Å². The molecular formula is C21H22ClF3N4O3. The van der Waals surface area contributed by atoms with Crippen molar-refractivity contribution in [1.82, 2.24) is 15.6 Å². The Morgan fingerprint density at radius 2 is 1.84 bits per heavy atom. The fraction of sp³-hybridized carbons (Fsp3) is 0.381. The van der Waals surface area contributed by atoms with E-state index in [0.717, 1.165) is 12.1 Å². The molecule has 1 aromatic carbocycles. The lowest BCUT2D eigenvalue weighted by atomic mass is 9.93. The van der Waals surface area contributed by atoms with Gasteiger partial charge in [0.1, 0.15) is 11.4 Å². The second-order valence-electron chi connectivity index (χ2n) is 7.34. The average Bonchev–Trinajstić information content (AvgIpc) is 2.75. The molecule has 0 spiro atoms. The van der Waals surface area contributed by atoms with Crippen LogP contribution in [0.1, 0.15) is 41.7 Å². The van der Waals surface area contributed by atoms with Crippen LogP contribution in [-0.4, -0.2) is 36.1 Å². The van der Waals surface area contributed by atoms with Gasteiger partial charge in [-0.15, -0.1) is 0 Å². The van der Waals surface area contributed by atoms with Gasteiger partial charge in [0.05, 0.1) is 22.9 Å². The molecule has 7 nitrogen and oxygen atoms in total. The highest BCUT2D eigenvalue weighted by Gasteiger charge is 2.33. The van der Waals surface area contributed by atoms with Gasteiger partial charge >= 0.3 is 12.2 Å². The normalized spacial score (nSPS) is 18.5. The summed E-state index contributed by atoms with van der Waals surface area (Å²) in [5.41, 5.74) is -0.710. The smallest absolute Gasteiger partial charge is 0.417 e. The van der Waals surface area contributed by atoms with Crippen LogP contribution in [0, 0.1) is 0 Å². The molecule has 172 valence electrons. The predicted molar refractivity (Wildman–Crippen MR) is 113 cm³/mol. The molecular weight excluding hydrogens is 449 g/mol. The zero-order chi connectivity index (χ0) is 23.3. The number of rotatable bonds is 5. The number of nitrogens with one attached hydrogen (secondary N) is 3. The zero-order valence-corrected chi connectivity index (χ0v) is 17.9. The van der Waals surface area contributed by atoms with E-state index in [-0.39, 0.29) is 23.7 Å². The van der Waals surface area contributed by atoms with Gasteiger partial charge in [-0.3, -0.25) is 4.79 Å². The molecule has 1 fully saturated rings. The first kappa shape index (κ1) is 23.6. The van der Waals surface area contributed by atoms with Gasteiger partial charge in [0, 0.05) is 18.8 Å². The topological polar surface area (TPSA) is 92.4 Å². The van der Waals surface area contributed by atoms with Crippen molar-refractivity contribution in [3.63, 3.8) is 0 Å². The van der Waals surface area contributed by atoms with Crippen LogP contribution in [0.15, 0.2) is 36.5 Å². The summed E-state index contributed by atoms with van der Waals surface area (Å²) in [5, 5.41) is 7.25. The number of amides is 3. The highest BCUT2D eigenvalue weighted by atomic mass is 35.5. The number of anilines is 1. The van der Waals surface area contributed by atoms with E-state index >= 15 is 0 Å². The van der Waals surface area contributed by atoms with E-state index in [1.54, 1.807) is 12.1 Å². The highest BCUT2D eigenvalue weighted by Crippen LogP contribution is 2.36. The number of nitrogens with zero attached hydrogens (tertiary/aromatic N) is 1. The Bertz CT molecular complexity index is 962. The van der Waals surface area contributed by atoms with Crippen LogP contribution in [-0.2, 0) is 6.18 Å². The first-order valence-electron chi connectivity index (χ1n) is 9.94. The molecule has 0 saturated heterocycles. The number of pyridine rings is 1. The van der Waals surface area contributed by atoms with E-state index in [1.807, 2.05) is 0 Å². The summed E-state index contributed by atoms with van der Waals surface area (Å²) in [6.07, 6.45) is -0.518. The van der Waals surface area contributed by atoms with Gasteiger partial charge in [0.15, 0.2) is 0 Å². The van der Waals surface area contributed by atoms with Crippen LogP contribution in [0.5, 0.6) is 5.75 Å². The molecule has 3 amide bonds. The van der Waals surface area contributed by atoms with E-state index in [9.17, 15) is 22.8 Å². The number of urea groups is 1. The van der Waals surface area contributed by atoms with Gasteiger partial charge in [0.2, 0.25) is 0 Å². The van der Waals surface area contributed by atoms with Crippen molar-refractivity contribution in [2.45, 2.75) is 44.0 Å². The molecule has 3 rings (SSSR count). The molecule has 1 aliphatic rings. The minimum absolute atomic E-state index is 0.00365. The van der Waals surface area contributed by atoms with Crippen molar-refractivity contribution in [3.05, 3.63) is 52.8 Å². The number of hydrogen-bond donors (Lipinski definition) is 3. The molecule has 1 aromatic heterocycles. The molecule has 3 N–H and O–H groups in total. The Morgan fingerprint density at radius 3 is 2.44 bits per heavy atom. The maximum absolute atomic E-state index is 13.0. The fourth-order valence-electron chi connectivity index (χ4n) is 3.40. The third-order valence-corrected chi connectivity index (χ3v) is 5.37. The Labute approximate surface area is 187 Å². The number of benzene rings is 1. The SMILES string of the molecule is CNC(=O)c1ccc(O[C@H]2CC[C@H](NC(=O)Nc3ccc(Cl)c(C(F)(F)F)c3)CC2)cn1. The number of hydrogen-bond acceptors (Lipinski definition) is 4. The molecule has 1 aliphatic carbocycles. The van der Waals surface area contributed by atoms with Gasteiger partial charge in [-0.1, -0.05) is 11.6 Å². The van der Waals surface area contributed by atoms with E-state index in [1.165, 1.54) is 19.3 Å². The summed E-state index contributed by atoms with van der Waals surface area (Å²) in [5.74, 6) is 0.268. The number of ether oxygens (including phenoxy) is 1. The van der Waals surface area contributed by atoms with Gasteiger partial charge in [0.25, 0.3) is 5.91 Å². The van der Waals surface area contributed by atoms with Gasteiger partial charge in [-0.25, -0.2) is 9.78 Å². The fourth-order valence-corrected chi connectivity index (χ4v) is 3.63. The average molecular weight is 471 g/mol. The Balaban J connectivity index is 1.47. The Morgan fingerprint density at radius 1 is 1.12 bits per heavy atom. The first-order chi connectivity index (χ1) is 15.2. The maximum Gasteiger partial charge on any atom is 0.417 e. The summed E-state index contributed by atoms with van der Waals surface area (Å²) in [4.78, 5) is 27.8. The van der Waals surface area contributed by atoms with Crippen molar-refractivity contribution in [2.75, 3.05) is 12.4 Å². The van der Waals surface area contributed by atoms with Gasteiger partial charge in [-0.2, -0.15) is 13.2 Å². The molecule has 0 radical (unpaired) electrons. The molecule has 2 aromatic rings. The third kappa shape index (κ3) is 6.25. The predicted octanol–water partition coefficient (Wildman–Crippen LogP) is 4.63. The second kappa shape index (κ2) is 10.1. The summed E-state index contributed by atoms with van der Waals surface area (Å²) in [6.45, 7) is 0. The Kier molecular flexibility index (Phi) is 7.44. The van der Waals surface area contributed by atoms with Crippen molar-refractivity contribution >= 4 is 29.2 Å². The number of carbonyl (C=O) groups is 2. The standard InChI is InChI=1S/C21H22ClF3N4O3/c1-26-19(30)18-9-7-15(11-27-18)32-14-5-2-12(3-6-14)28-20(31)29-13-4-8-17(22)16(10-13)21(23,24)25/h4,7-12,14H,2-3,5-6H2,1H3,(H,26,30)(H2,28,29,31)/t12-,14-.